The zero-order valence-electron chi connectivity index (χ0n) is 12.4. The molecule has 4 fully saturated rings. The first-order valence-electron chi connectivity index (χ1n) is 8.17. The standard InChI is InChI=1S/C17H19N3O2/c21-16(12-1-2-13-10-18-22-14(13)9-12)19-15-11-3-7-20(8-4-11)17(15)5-6-17/h1-2,9-11,15H,3-8H2,(H,19,21). The van der Waals surface area contributed by atoms with Gasteiger partial charge in [-0.2, -0.15) is 0 Å². The topological polar surface area (TPSA) is 58.4 Å². The summed E-state index contributed by atoms with van der Waals surface area (Å²) in [7, 11) is 0. The maximum atomic E-state index is 12.7. The van der Waals surface area contributed by atoms with Crippen LogP contribution in [0.2, 0.25) is 0 Å². The van der Waals surface area contributed by atoms with Gasteiger partial charge in [0.1, 0.15) is 0 Å². The number of rotatable bonds is 2. The fourth-order valence-corrected chi connectivity index (χ4v) is 4.55. The summed E-state index contributed by atoms with van der Waals surface area (Å²) in [6.07, 6.45) is 6.57. The van der Waals surface area contributed by atoms with Crippen LogP contribution in [0.15, 0.2) is 28.9 Å². The lowest BCUT2D eigenvalue weighted by Crippen LogP contribution is -2.65. The molecule has 1 saturated carbocycles. The van der Waals surface area contributed by atoms with Crippen molar-refractivity contribution in [3.63, 3.8) is 0 Å². The van der Waals surface area contributed by atoms with Crippen molar-refractivity contribution in [1.29, 1.82) is 0 Å². The lowest BCUT2D eigenvalue weighted by Gasteiger charge is -2.52. The summed E-state index contributed by atoms with van der Waals surface area (Å²) in [4.78, 5) is 15.3. The first kappa shape index (κ1) is 12.6. The van der Waals surface area contributed by atoms with Gasteiger partial charge in [0.15, 0.2) is 5.58 Å². The van der Waals surface area contributed by atoms with Crippen molar-refractivity contribution in [1.82, 2.24) is 15.4 Å². The lowest BCUT2D eigenvalue weighted by atomic mass is 9.77. The maximum absolute atomic E-state index is 12.7. The molecule has 1 N–H and O–H groups in total. The van der Waals surface area contributed by atoms with E-state index in [-0.39, 0.29) is 11.4 Å². The number of amides is 1. The maximum Gasteiger partial charge on any atom is 0.251 e. The number of hydrogen-bond donors (Lipinski definition) is 1. The average Bonchev–Trinajstić information content (AvgIpc) is 3.18. The summed E-state index contributed by atoms with van der Waals surface area (Å²) in [5.41, 5.74) is 1.60. The second kappa shape index (κ2) is 4.32. The van der Waals surface area contributed by atoms with Gasteiger partial charge < -0.3 is 9.84 Å². The molecule has 1 aromatic carbocycles. The third kappa shape index (κ3) is 1.69. The van der Waals surface area contributed by atoms with E-state index in [2.05, 4.69) is 15.4 Å². The molecule has 6 rings (SSSR count). The summed E-state index contributed by atoms with van der Waals surface area (Å²) in [5.74, 6) is 0.661. The molecule has 5 heteroatoms. The monoisotopic (exact) mass is 297 g/mol. The molecule has 1 atom stereocenters. The number of carbonyl (C=O) groups is 1. The van der Waals surface area contributed by atoms with Crippen LogP contribution in [0, 0.1) is 5.92 Å². The molecule has 4 aliphatic rings. The normalized spacial score (nSPS) is 31.5. The van der Waals surface area contributed by atoms with Crippen LogP contribution >= 0.6 is 0 Å². The number of aromatic nitrogens is 1. The van der Waals surface area contributed by atoms with Crippen LogP contribution in [0.25, 0.3) is 11.0 Å². The number of fused-ring (bicyclic) bond motifs is 3. The fraction of sp³-hybridized carbons (Fsp3) is 0.529. The first-order chi connectivity index (χ1) is 10.8. The molecule has 3 saturated heterocycles. The lowest BCUT2D eigenvalue weighted by molar-refractivity contribution is -0.00144. The average molecular weight is 297 g/mol. The van der Waals surface area contributed by atoms with Crippen molar-refractivity contribution in [2.75, 3.05) is 13.1 Å². The van der Waals surface area contributed by atoms with Crippen LogP contribution in [-0.2, 0) is 0 Å². The van der Waals surface area contributed by atoms with Crippen LogP contribution in [0.3, 0.4) is 0 Å². The minimum Gasteiger partial charge on any atom is -0.356 e. The molecule has 1 amide bonds. The van der Waals surface area contributed by atoms with Gasteiger partial charge in [-0.25, -0.2) is 0 Å². The molecule has 5 nitrogen and oxygen atoms in total. The van der Waals surface area contributed by atoms with Crippen LogP contribution in [-0.4, -0.2) is 40.6 Å². The van der Waals surface area contributed by atoms with E-state index in [1.54, 1.807) is 12.3 Å². The highest BCUT2D eigenvalue weighted by atomic mass is 16.5. The third-order valence-corrected chi connectivity index (χ3v) is 5.89. The number of benzene rings is 1. The molecule has 114 valence electrons. The van der Waals surface area contributed by atoms with Crippen molar-refractivity contribution < 1.29 is 9.32 Å². The van der Waals surface area contributed by atoms with E-state index < -0.39 is 0 Å². The van der Waals surface area contributed by atoms with Crippen molar-refractivity contribution in [2.45, 2.75) is 37.3 Å². The Kier molecular flexibility index (Phi) is 2.48. The first-order valence-corrected chi connectivity index (χ1v) is 8.17. The third-order valence-electron chi connectivity index (χ3n) is 5.89. The number of nitrogens with zero attached hydrogens (tertiary/aromatic N) is 2. The highest BCUT2D eigenvalue weighted by molar-refractivity contribution is 5.97. The molecule has 22 heavy (non-hydrogen) atoms. The Hall–Kier alpha value is -1.88. The van der Waals surface area contributed by atoms with Gasteiger partial charge in [0.2, 0.25) is 0 Å². The van der Waals surface area contributed by atoms with Gasteiger partial charge in [-0.05, 0) is 62.9 Å². The van der Waals surface area contributed by atoms with E-state index in [0.29, 0.717) is 23.1 Å². The zero-order chi connectivity index (χ0) is 14.7. The Morgan fingerprint density at radius 2 is 2.14 bits per heavy atom. The van der Waals surface area contributed by atoms with Gasteiger partial charge in [-0.1, -0.05) is 5.16 Å². The summed E-state index contributed by atoms with van der Waals surface area (Å²) >= 11 is 0. The summed E-state index contributed by atoms with van der Waals surface area (Å²) in [5, 5.41) is 8.03. The summed E-state index contributed by atoms with van der Waals surface area (Å²) < 4.78 is 5.16. The second-order valence-electron chi connectivity index (χ2n) is 6.96. The minimum atomic E-state index is 0.0170. The summed E-state index contributed by atoms with van der Waals surface area (Å²) in [6.45, 7) is 2.42. The Labute approximate surface area is 128 Å². The van der Waals surface area contributed by atoms with Gasteiger partial charge in [-0.15, -0.1) is 0 Å². The van der Waals surface area contributed by atoms with Crippen LogP contribution in [0.4, 0.5) is 0 Å². The Morgan fingerprint density at radius 3 is 2.91 bits per heavy atom. The number of carbonyl (C=O) groups excluding carboxylic acids is 1. The zero-order valence-corrected chi connectivity index (χ0v) is 12.4. The fourth-order valence-electron chi connectivity index (χ4n) is 4.55. The molecule has 0 radical (unpaired) electrons. The predicted molar refractivity (Wildman–Crippen MR) is 81.5 cm³/mol. The molecular formula is C17H19N3O2. The molecule has 2 aromatic rings. The largest absolute Gasteiger partial charge is 0.356 e. The molecule has 1 aliphatic carbocycles. The van der Waals surface area contributed by atoms with Crippen molar-refractivity contribution in [2.24, 2.45) is 5.92 Å². The van der Waals surface area contributed by atoms with Gasteiger partial charge in [0.05, 0.1) is 12.2 Å². The molecule has 1 unspecified atom stereocenters. The quantitative estimate of drug-likeness (QED) is 0.923. The van der Waals surface area contributed by atoms with Gasteiger partial charge >= 0.3 is 0 Å². The van der Waals surface area contributed by atoms with Crippen LogP contribution < -0.4 is 5.32 Å². The van der Waals surface area contributed by atoms with E-state index in [1.165, 1.54) is 38.8 Å². The molecule has 4 heterocycles. The predicted octanol–water partition coefficient (Wildman–Crippen LogP) is 2.18. The minimum absolute atomic E-state index is 0.0170. The highest BCUT2D eigenvalue weighted by Crippen LogP contribution is 2.53. The highest BCUT2D eigenvalue weighted by Gasteiger charge is 2.60. The second-order valence-corrected chi connectivity index (χ2v) is 6.96. The van der Waals surface area contributed by atoms with Crippen LogP contribution in [0.1, 0.15) is 36.0 Å². The van der Waals surface area contributed by atoms with Crippen molar-refractivity contribution in [3.05, 3.63) is 30.0 Å². The molecule has 2 bridgehead atoms. The van der Waals surface area contributed by atoms with Crippen molar-refractivity contribution >= 4 is 16.9 Å². The number of hydrogen-bond acceptors (Lipinski definition) is 4. The summed E-state index contributed by atoms with van der Waals surface area (Å²) in [6, 6.07) is 5.85. The number of nitrogens with one attached hydrogen (secondary N) is 1. The van der Waals surface area contributed by atoms with Crippen LogP contribution in [0.5, 0.6) is 0 Å². The van der Waals surface area contributed by atoms with Crippen molar-refractivity contribution in [3.8, 4) is 0 Å². The Morgan fingerprint density at radius 1 is 1.32 bits per heavy atom. The number of piperidine rings is 3. The van der Waals surface area contributed by atoms with E-state index in [4.69, 9.17) is 4.52 Å². The van der Waals surface area contributed by atoms with Gasteiger partial charge in [0.25, 0.3) is 5.91 Å². The molecule has 1 aromatic heterocycles. The molecule has 1 spiro atoms. The van der Waals surface area contributed by atoms with E-state index in [1.807, 2.05) is 12.1 Å². The Bertz CT molecular complexity index is 741. The van der Waals surface area contributed by atoms with E-state index in [9.17, 15) is 4.79 Å². The SMILES string of the molecule is O=C(NC1C2CCN(CC2)C12CC2)c1ccc2cnoc2c1. The van der Waals surface area contributed by atoms with E-state index >= 15 is 0 Å². The smallest absolute Gasteiger partial charge is 0.251 e. The van der Waals surface area contributed by atoms with E-state index in [0.717, 1.165) is 5.39 Å². The molecule has 3 aliphatic heterocycles. The molecular weight excluding hydrogens is 278 g/mol. The Balaban J connectivity index is 1.42. The van der Waals surface area contributed by atoms with Gasteiger partial charge in [-0.3, -0.25) is 9.69 Å². The van der Waals surface area contributed by atoms with Gasteiger partial charge in [0, 0.05) is 16.5 Å².